The summed E-state index contributed by atoms with van der Waals surface area (Å²) in [6, 6.07) is 8.88. The van der Waals surface area contributed by atoms with Crippen molar-refractivity contribution in [3.05, 3.63) is 36.0 Å². The molecule has 0 amide bonds. The molecule has 2 N–H and O–H groups in total. The van der Waals surface area contributed by atoms with Gasteiger partial charge in [-0.05, 0) is 43.7 Å². The molecule has 1 aliphatic rings. The lowest BCUT2D eigenvalue weighted by Gasteiger charge is -2.22. The Bertz CT molecular complexity index is 567. The van der Waals surface area contributed by atoms with Gasteiger partial charge in [0.25, 0.3) is 0 Å². The smallest absolute Gasteiger partial charge is 0.0483 e. The summed E-state index contributed by atoms with van der Waals surface area (Å²) in [5.74, 6) is 0.739. The fraction of sp³-hybridized carbons (Fsp3) is 0.529. The minimum absolute atomic E-state index is 0.206. The molecule has 0 bridgehead atoms. The van der Waals surface area contributed by atoms with Gasteiger partial charge in [-0.25, -0.2) is 0 Å². The third kappa shape index (κ3) is 2.89. The molecular weight excluding hydrogens is 248 g/mol. The zero-order chi connectivity index (χ0) is 13.9. The molecule has 1 atom stereocenters. The molecule has 0 radical (unpaired) electrons. The number of para-hydroxylation sites is 1. The number of nitrogens with zero attached hydrogens (tertiary/aromatic N) is 1. The number of hydrogen-bond acceptors (Lipinski definition) is 2. The van der Waals surface area contributed by atoms with E-state index in [0.717, 1.165) is 32.1 Å². The van der Waals surface area contributed by atoms with Gasteiger partial charge in [-0.15, -0.1) is 0 Å². The Morgan fingerprint density at radius 1 is 1.30 bits per heavy atom. The molecule has 0 saturated carbocycles. The monoisotopic (exact) mass is 272 g/mol. The number of hydrogen-bond donors (Lipinski definition) is 1. The van der Waals surface area contributed by atoms with Crippen LogP contribution >= 0.6 is 0 Å². The van der Waals surface area contributed by atoms with E-state index in [1.807, 2.05) is 0 Å². The van der Waals surface area contributed by atoms with E-state index in [-0.39, 0.29) is 6.04 Å². The maximum absolute atomic E-state index is 5.98. The van der Waals surface area contributed by atoms with Crippen LogP contribution in [0.4, 0.5) is 0 Å². The van der Waals surface area contributed by atoms with Crippen LogP contribution in [0.3, 0.4) is 0 Å². The van der Waals surface area contributed by atoms with Crippen molar-refractivity contribution in [1.29, 1.82) is 0 Å². The van der Waals surface area contributed by atoms with Gasteiger partial charge in [0.1, 0.15) is 0 Å². The largest absolute Gasteiger partial charge is 0.381 e. The van der Waals surface area contributed by atoms with E-state index in [4.69, 9.17) is 10.5 Å². The summed E-state index contributed by atoms with van der Waals surface area (Å²) in [7, 11) is 0. The lowest BCUT2D eigenvalue weighted by Crippen LogP contribution is -2.20. The van der Waals surface area contributed by atoms with Crippen LogP contribution in [0.25, 0.3) is 10.9 Å². The molecule has 20 heavy (non-hydrogen) atoms. The van der Waals surface area contributed by atoms with Crippen molar-refractivity contribution in [2.24, 2.45) is 11.7 Å². The van der Waals surface area contributed by atoms with Gasteiger partial charge < -0.3 is 15.0 Å². The second-order valence-corrected chi connectivity index (χ2v) is 6.06. The highest BCUT2D eigenvalue weighted by atomic mass is 16.5. The number of rotatable bonds is 4. The summed E-state index contributed by atoms with van der Waals surface area (Å²) < 4.78 is 7.88. The fourth-order valence-corrected chi connectivity index (χ4v) is 3.19. The molecule has 1 aromatic heterocycles. The lowest BCUT2D eigenvalue weighted by molar-refractivity contribution is 0.0616. The maximum Gasteiger partial charge on any atom is 0.0483 e. The van der Waals surface area contributed by atoms with E-state index in [2.05, 4.69) is 42.0 Å². The first-order valence-corrected chi connectivity index (χ1v) is 7.64. The first-order valence-electron chi connectivity index (χ1n) is 7.64. The van der Waals surface area contributed by atoms with Crippen LogP contribution in [0.1, 0.15) is 25.3 Å². The molecule has 1 aromatic carbocycles. The quantitative estimate of drug-likeness (QED) is 0.929. The minimum atomic E-state index is 0.206. The van der Waals surface area contributed by atoms with Gasteiger partial charge in [-0.2, -0.15) is 0 Å². The van der Waals surface area contributed by atoms with Crippen LogP contribution < -0.4 is 5.73 Å². The van der Waals surface area contributed by atoms with E-state index in [1.54, 1.807) is 0 Å². The Hall–Kier alpha value is -1.32. The van der Waals surface area contributed by atoms with Crippen LogP contribution in [-0.4, -0.2) is 23.8 Å². The highest BCUT2D eigenvalue weighted by Gasteiger charge is 2.16. The van der Waals surface area contributed by atoms with Crippen molar-refractivity contribution in [1.82, 2.24) is 4.57 Å². The van der Waals surface area contributed by atoms with E-state index in [1.165, 1.54) is 29.3 Å². The van der Waals surface area contributed by atoms with Crippen molar-refractivity contribution in [2.75, 3.05) is 13.2 Å². The van der Waals surface area contributed by atoms with Crippen molar-refractivity contribution in [3.63, 3.8) is 0 Å². The predicted octanol–water partition coefficient (Wildman–Crippen LogP) is 2.96. The molecule has 2 aromatic rings. The third-order valence-electron chi connectivity index (χ3n) is 4.21. The first-order chi connectivity index (χ1) is 9.74. The molecule has 3 nitrogen and oxygen atoms in total. The van der Waals surface area contributed by atoms with E-state index in [0.29, 0.717) is 0 Å². The zero-order valence-electron chi connectivity index (χ0n) is 12.2. The normalized spacial score (nSPS) is 18.5. The number of ether oxygens (including phenoxy) is 1. The van der Waals surface area contributed by atoms with Gasteiger partial charge in [0.05, 0.1) is 0 Å². The highest BCUT2D eigenvalue weighted by Crippen LogP contribution is 2.25. The van der Waals surface area contributed by atoms with Gasteiger partial charge >= 0.3 is 0 Å². The van der Waals surface area contributed by atoms with Gasteiger partial charge in [0.2, 0.25) is 0 Å². The Balaban J connectivity index is 1.89. The topological polar surface area (TPSA) is 40.2 Å². The van der Waals surface area contributed by atoms with Crippen molar-refractivity contribution in [3.8, 4) is 0 Å². The molecule has 0 spiro atoms. The van der Waals surface area contributed by atoms with Gasteiger partial charge in [-0.1, -0.05) is 18.2 Å². The lowest BCUT2D eigenvalue weighted by atomic mass is 10.0. The Labute approximate surface area is 120 Å². The minimum Gasteiger partial charge on any atom is -0.381 e. The Kier molecular flexibility index (Phi) is 4.08. The van der Waals surface area contributed by atoms with Crippen LogP contribution in [0.5, 0.6) is 0 Å². The van der Waals surface area contributed by atoms with E-state index >= 15 is 0 Å². The second-order valence-electron chi connectivity index (χ2n) is 6.06. The van der Waals surface area contributed by atoms with Crippen LogP contribution in [-0.2, 0) is 17.7 Å². The third-order valence-corrected chi connectivity index (χ3v) is 4.21. The maximum atomic E-state index is 5.98. The molecule has 3 heteroatoms. The molecule has 0 aliphatic carbocycles. The number of fused-ring (bicyclic) bond motifs is 1. The van der Waals surface area contributed by atoms with E-state index in [9.17, 15) is 0 Å². The number of benzene rings is 1. The molecule has 108 valence electrons. The molecule has 1 saturated heterocycles. The summed E-state index contributed by atoms with van der Waals surface area (Å²) in [5.41, 5.74) is 8.70. The Morgan fingerprint density at radius 3 is 2.80 bits per heavy atom. The molecular formula is C17H24N2O. The highest BCUT2D eigenvalue weighted by molar-refractivity contribution is 5.84. The molecule has 2 heterocycles. The molecule has 1 unspecified atom stereocenters. The van der Waals surface area contributed by atoms with Crippen LogP contribution in [0.2, 0.25) is 0 Å². The van der Waals surface area contributed by atoms with Gasteiger partial charge in [-0.3, -0.25) is 0 Å². The van der Waals surface area contributed by atoms with Crippen LogP contribution in [0.15, 0.2) is 30.5 Å². The summed E-state index contributed by atoms with van der Waals surface area (Å²) in [5, 5.41) is 1.36. The summed E-state index contributed by atoms with van der Waals surface area (Å²) >= 11 is 0. The summed E-state index contributed by atoms with van der Waals surface area (Å²) in [6.07, 6.45) is 5.61. The Morgan fingerprint density at radius 2 is 2.05 bits per heavy atom. The van der Waals surface area contributed by atoms with Crippen molar-refractivity contribution < 1.29 is 4.74 Å². The first kappa shape index (κ1) is 13.7. The van der Waals surface area contributed by atoms with E-state index < -0.39 is 0 Å². The van der Waals surface area contributed by atoms with Crippen molar-refractivity contribution >= 4 is 10.9 Å². The number of aromatic nitrogens is 1. The van der Waals surface area contributed by atoms with Gasteiger partial charge in [0.15, 0.2) is 0 Å². The second kappa shape index (κ2) is 5.98. The van der Waals surface area contributed by atoms with Crippen molar-refractivity contribution in [2.45, 2.75) is 38.8 Å². The van der Waals surface area contributed by atoms with Gasteiger partial charge in [0, 0.05) is 42.9 Å². The SMILES string of the molecule is CC(N)Cc1cn(CC2CCOCC2)c2ccccc12. The average molecular weight is 272 g/mol. The molecule has 3 rings (SSSR count). The summed E-state index contributed by atoms with van der Waals surface area (Å²) in [4.78, 5) is 0. The molecule has 1 fully saturated rings. The average Bonchev–Trinajstić information content (AvgIpc) is 2.78. The molecule has 1 aliphatic heterocycles. The fourth-order valence-electron chi connectivity index (χ4n) is 3.19. The van der Waals surface area contributed by atoms with Crippen LogP contribution in [0, 0.1) is 5.92 Å². The predicted molar refractivity (Wildman–Crippen MR) is 82.8 cm³/mol. The zero-order valence-corrected chi connectivity index (χ0v) is 12.2. The standard InChI is InChI=1S/C17H24N2O/c1-13(18)10-15-12-19(11-14-6-8-20-9-7-14)17-5-3-2-4-16(15)17/h2-5,12-14H,6-11,18H2,1H3. The number of nitrogens with two attached hydrogens (primary N) is 1. The summed E-state index contributed by atoms with van der Waals surface area (Å²) in [6.45, 7) is 5.00.